The van der Waals surface area contributed by atoms with E-state index >= 15 is 0 Å². The highest BCUT2D eigenvalue weighted by Gasteiger charge is 2.52. The molecule has 0 heterocycles. The average molecular weight is 258 g/mol. The van der Waals surface area contributed by atoms with Gasteiger partial charge in [0.25, 0.3) is 0 Å². The minimum atomic E-state index is -2.56. The number of ether oxygens (including phenoxy) is 2. The van der Waals surface area contributed by atoms with Crippen LogP contribution in [0.25, 0.3) is 0 Å². The molecule has 0 fully saturated rings. The summed E-state index contributed by atoms with van der Waals surface area (Å²) in [5, 5.41) is 19.4. The van der Waals surface area contributed by atoms with Crippen LogP contribution in [0.1, 0.15) is 26.7 Å². The normalized spacial score (nSPS) is 11.6. The highest BCUT2D eigenvalue weighted by molar-refractivity contribution is 5.83. The van der Waals surface area contributed by atoms with Crippen LogP contribution in [0.3, 0.4) is 0 Å². The lowest BCUT2D eigenvalue weighted by Crippen LogP contribution is -2.57. The van der Waals surface area contributed by atoms with Crippen LogP contribution < -0.4 is 0 Å². The van der Waals surface area contributed by atoms with E-state index in [1.54, 1.807) is 6.92 Å². The van der Waals surface area contributed by atoms with Gasteiger partial charge in [-0.05, 0) is 13.3 Å². The van der Waals surface area contributed by atoms with E-state index < -0.39 is 23.5 Å². The Morgan fingerprint density at radius 3 is 1.78 bits per heavy atom. The fourth-order valence-corrected chi connectivity index (χ4v) is 1.29. The molecule has 0 aromatic carbocycles. The summed E-state index contributed by atoms with van der Waals surface area (Å²) in [7, 11) is 0. The third-order valence-electron chi connectivity index (χ3n) is 2.16. The molecule has 6 nitrogen and oxygen atoms in total. The van der Waals surface area contributed by atoms with Crippen LogP contribution in [-0.4, -0.2) is 33.7 Å². The molecule has 0 spiro atoms. The monoisotopic (exact) mass is 258 g/mol. The minimum Gasteiger partial charge on any atom is -0.414 e. The highest BCUT2D eigenvalue weighted by Crippen LogP contribution is 2.31. The third-order valence-corrected chi connectivity index (χ3v) is 2.16. The molecule has 0 bridgehead atoms. The Labute approximate surface area is 106 Å². The zero-order valence-electron chi connectivity index (χ0n) is 10.5. The van der Waals surface area contributed by atoms with E-state index in [-0.39, 0.29) is 6.42 Å². The maximum atomic E-state index is 11.2. The van der Waals surface area contributed by atoms with E-state index in [9.17, 15) is 19.8 Å². The van der Waals surface area contributed by atoms with Crippen molar-refractivity contribution in [1.82, 2.24) is 0 Å². The Balaban J connectivity index is 5.40. The second-order valence-electron chi connectivity index (χ2n) is 3.77. The summed E-state index contributed by atoms with van der Waals surface area (Å²) in [4.78, 5) is 22.5. The summed E-state index contributed by atoms with van der Waals surface area (Å²) in [6.45, 7) is 9.03. The van der Waals surface area contributed by atoms with E-state index in [0.717, 1.165) is 19.1 Å². The quantitative estimate of drug-likeness (QED) is 0.395. The van der Waals surface area contributed by atoms with Gasteiger partial charge in [-0.25, -0.2) is 9.59 Å². The Kier molecular flexibility index (Phi) is 5.74. The lowest BCUT2D eigenvalue weighted by Gasteiger charge is -2.39. The van der Waals surface area contributed by atoms with Crippen molar-refractivity contribution in [2.45, 2.75) is 38.3 Å². The lowest BCUT2D eigenvalue weighted by atomic mass is 10.0. The summed E-state index contributed by atoms with van der Waals surface area (Å²) < 4.78 is 9.63. The second kappa shape index (κ2) is 6.32. The van der Waals surface area contributed by atoms with Crippen LogP contribution in [0, 0.1) is 0 Å². The molecule has 0 rings (SSSR count). The SMILES string of the molecule is C=CC(=O)OC(CCC)(OC(=O)C=C)C(C)(O)O. The molecule has 0 aromatic rings. The van der Waals surface area contributed by atoms with Gasteiger partial charge < -0.3 is 19.7 Å². The molecule has 6 heteroatoms. The maximum Gasteiger partial charge on any atom is 0.333 e. The van der Waals surface area contributed by atoms with Crippen molar-refractivity contribution in [3.05, 3.63) is 25.3 Å². The van der Waals surface area contributed by atoms with Crippen molar-refractivity contribution >= 4 is 11.9 Å². The molecule has 0 aromatic heterocycles. The number of carbonyl (C=O) groups excluding carboxylic acids is 2. The topological polar surface area (TPSA) is 93.1 Å². The van der Waals surface area contributed by atoms with Crippen LogP contribution in [0.4, 0.5) is 0 Å². The standard InChI is InChI=1S/C12H18O6/c1-5-8-12(11(4,15)16,17-9(13)6-2)18-10(14)7-3/h6-7,15-16H,2-3,5,8H2,1,4H3. The third kappa shape index (κ3) is 3.97. The van der Waals surface area contributed by atoms with Gasteiger partial charge in [-0.1, -0.05) is 20.1 Å². The zero-order chi connectivity index (χ0) is 14.4. The number of rotatable bonds is 7. The first kappa shape index (κ1) is 16.3. The molecule has 0 aliphatic heterocycles. The van der Waals surface area contributed by atoms with E-state index in [2.05, 4.69) is 13.2 Å². The Morgan fingerprint density at radius 2 is 1.56 bits per heavy atom. The van der Waals surface area contributed by atoms with Gasteiger partial charge >= 0.3 is 17.7 Å². The molecule has 2 N–H and O–H groups in total. The summed E-state index contributed by atoms with van der Waals surface area (Å²) in [6.07, 6.45) is 1.96. The van der Waals surface area contributed by atoms with Crippen molar-refractivity contribution in [3.63, 3.8) is 0 Å². The molecule has 18 heavy (non-hydrogen) atoms. The maximum absolute atomic E-state index is 11.2. The van der Waals surface area contributed by atoms with Gasteiger partial charge in [-0.2, -0.15) is 0 Å². The van der Waals surface area contributed by atoms with Gasteiger partial charge in [-0.15, -0.1) is 0 Å². The van der Waals surface area contributed by atoms with Crippen LogP contribution in [0.2, 0.25) is 0 Å². The molecular formula is C12H18O6. The van der Waals surface area contributed by atoms with Gasteiger partial charge in [0.1, 0.15) is 0 Å². The van der Waals surface area contributed by atoms with Crippen LogP contribution in [-0.2, 0) is 19.1 Å². The molecule has 0 aliphatic rings. The van der Waals surface area contributed by atoms with Crippen molar-refractivity contribution in [1.29, 1.82) is 0 Å². The van der Waals surface area contributed by atoms with Crippen molar-refractivity contribution in [2.75, 3.05) is 0 Å². The van der Waals surface area contributed by atoms with Crippen molar-refractivity contribution in [2.24, 2.45) is 0 Å². The summed E-state index contributed by atoms with van der Waals surface area (Å²) in [5.74, 6) is -6.62. The summed E-state index contributed by atoms with van der Waals surface area (Å²) in [5.41, 5.74) is 0. The first-order chi connectivity index (χ1) is 8.22. The van der Waals surface area contributed by atoms with Crippen LogP contribution >= 0.6 is 0 Å². The first-order valence-electron chi connectivity index (χ1n) is 5.38. The van der Waals surface area contributed by atoms with E-state index in [1.165, 1.54) is 0 Å². The van der Waals surface area contributed by atoms with E-state index in [1.807, 2.05) is 0 Å². The minimum absolute atomic E-state index is 0.0876. The number of hydrogen-bond acceptors (Lipinski definition) is 6. The molecular weight excluding hydrogens is 240 g/mol. The Hall–Kier alpha value is -1.66. The molecule has 0 saturated carbocycles. The molecule has 0 saturated heterocycles. The second-order valence-corrected chi connectivity index (χ2v) is 3.77. The molecule has 0 amide bonds. The highest BCUT2D eigenvalue weighted by atomic mass is 16.8. The molecule has 102 valence electrons. The van der Waals surface area contributed by atoms with Crippen molar-refractivity contribution in [3.8, 4) is 0 Å². The zero-order valence-corrected chi connectivity index (χ0v) is 10.5. The van der Waals surface area contributed by atoms with Gasteiger partial charge in [-0.3, -0.25) is 0 Å². The van der Waals surface area contributed by atoms with Gasteiger partial charge in [0.15, 0.2) is 0 Å². The van der Waals surface area contributed by atoms with Gasteiger partial charge in [0.2, 0.25) is 5.79 Å². The van der Waals surface area contributed by atoms with Gasteiger partial charge in [0, 0.05) is 18.6 Å². The molecule has 0 aliphatic carbocycles. The molecule has 0 atom stereocenters. The van der Waals surface area contributed by atoms with Crippen LogP contribution in [0.15, 0.2) is 25.3 Å². The number of carbonyl (C=O) groups is 2. The summed E-state index contributed by atoms with van der Waals surface area (Å²) >= 11 is 0. The van der Waals surface area contributed by atoms with E-state index in [4.69, 9.17) is 9.47 Å². The predicted molar refractivity (Wildman–Crippen MR) is 63.1 cm³/mol. The number of esters is 2. The fourth-order valence-electron chi connectivity index (χ4n) is 1.29. The van der Waals surface area contributed by atoms with Crippen molar-refractivity contribution < 1.29 is 29.3 Å². The smallest absolute Gasteiger partial charge is 0.333 e. The van der Waals surface area contributed by atoms with Gasteiger partial charge in [0.05, 0.1) is 0 Å². The van der Waals surface area contributed by atoms with E-state index in [0.29, 0.717) is 6.42 Å². The lowest BCUT2D eigenvalue weighted by molar-refractivity contribution is -0.353. The molecule has 0 radical (unpaired) electrons. The Morgan fingerprint density at radius 1 is 1.17 bits per heavy atom. The Bertz CT molecular complexity index is 317. The summed E-state index contributed by atoms with van der Waals surface area (Å²) in [6, 6.07) is 0. The predicted octanol–water partition coefficient (Wildman–Crippen LogP) is 0.642. The van der Waals surface area contributed by atoms with Crippen LogP contribution in [0.5, 0.6) is 0 Å². The number of aliphatic hydroxyl groups is 2. The number of hydrogen-bond donors (Lipinski definition) is 2. The molecule has 0 unspecified atom stereocenters. The fraction of sp³-hybridized carbons (Fsp3) is 0.500. The first-order valence-corrected chi connectivity index (χ1v) is 5.38. The average Bonchev–Trinajstić information content (AvgIpc) is 2.27. The largest absolute Gasteiger partial charge is 0.414 e.